The van der Waals surface area contributed by atoms with Gasteiger partial charge >= 0.3 is 0 Å². The fourth-order valence-electron chi connectivity index (χ4n) is 2.23. The van der Waals surface area contributed by atoms with Gasteiger partial charge in [-0.15, -0.1) is 0 Å². The molecule has 0 unspecified atom stereocenters. The van der Waals surface area contributed by atoms with E-state index in [0.717, 1.165) is 6.54 Å². The summed E-state index contributed by atoms with van der Waals surface area (Å²) < 4.78 is 0. The molecule has 0 atom stereocenters. The average Bonchev–Trinajstić information content (AvgIpc) is 3.14. The number of hydrogen-bond donors (Lipinski definition) is 0. The van der Waals surface area contributed by atoms with Crippen molar-refractivity contribution in [3.8, 4) is 0 Å². The highest BCUT2D eigenvalue weighted by Gasteiger charge is 2.31. The molecule has 0 saturated heterocycles. The standard InChI is InChI=1S/C15H19Cl2NO/c1-10(2)8-18(12-4-5-12)9-15(19)13-7-11(16)3-6-14(13)17/h3,6-7,10,12H,4-5,8-9H2,1-2H3. The van der Waals surface area contributed by atoms with Crippen LogP contribution in [-0.4, -0.2) is 29.8 Å². The Balaban J connectivity index is 2.08. The van der Waals surface area contributed by atoms with Crippen LogP contribution in [0.15, 0.2) is 18.2 Å². The summed E-state index contributed by atoms with van der Waals surface area (Å²) in [6, 6.07) is 5.62. The zero-order valence-corrected chi connectivity index (χ0v) is 12.8. The largest absolute Gasteiger partial charge is 0.293 e. The molecular weight excluding hydrogens is 281 g/mol. The van der Waals surface area contributed by atoms with Crippen molar-refractivity contribution in [1.82, 2.24) is 4.90 Å². The molecule has 0 aromatic heterocycles. The second-order valence-corrected chi connectivity index (χ2v) is 6.45. The summed E-state index contributed by atoms with van der Waals surface area (Å²) in [5.41, 5.74) is 0.531. The molecule has 1 aromatic rings. The number of carbonyl (C=O) groups is 1. The van der Waals surface area contributed by atoms with Gasteiger partial charge in [0.15, 0.2) is 5.78 Å². The van der Waals surface area contributed by atoms with Crippen LogP contribution in [0.1, 0.15) is 37.0 Å². The van der Waals surface area contributed by atoms with Crippen LogP contribution in [0.4, 0.5) is 0 Å². The molecular formula is C15H19Cl2NO. The Morgan fingerprint density at radius 2 is 2.05 bits per heavy atom. The minimum Gasteiger partial charge on any atom is -0.293 e. The molecule has 1 aliphatic carbocycles. The molecule has 1 fully saturated rings. The van der Waals surface area contributed by atoms with Crippen LogP contribution >= 0.6 is 23.2 Å². The smallest absolute Gasteiger partial charge is 0.178 e. The molecule has 0 amide bonds. The number of hydrogen-bond acceptors (Lipinski definition) is 2. The van der Waals surface area contributed by atoms with E-state index in [1.807, 2.05) is 0 Å². The van der Waals surface area contributed by atoms with Crippen LogP contribution < -0.4 is 0 Å². The second kappa shape index (κ2) is 6.25. The van der Waals surface area contributed by atoms with Gasteiger partial charge in [-0.25, -0.2) is 0 Å². The molecule has 1 saturated carbocycles. The van der Waals surface area contributed by atoms with E-state index < -0.39 is 0 Å². The van der Waals surface area contributed by atoms with Gasteiger partial charge in [0.2, 0.25) is 0 Å². The molecule has 0 heterocycles. The number of nitrogens with zero attached hydrogens (tertiary/aromatic N) is 1. The van der Waals surface area contributed by atoms with E-state index >= 15 is 0 Å². The van der Waals surface area contributed by atoms with Crippen LogP contribution in [0.25, 0.3) is 0 Å². The maximum Gasteiger partial charge on any atom is 0.178 e. The zero-order chi connectivity index (χ0) is 14.0. The molecule has 4 heteroatoms. The Morgan fingerprint density at radius 1 is 1.37 bits per heavy atom. The van der Waals surface area contributed by atoms with Gasteiger partial charge in [-0.3, -0.25) is 9.69 Å². The van der Waals surface area contributed by atoms with E-state index in [-0.39, 0.29) is 5.78 Å². The lowest BCUT2D eigenvalue weighted by Crippen LogP contribution is -2.35. The van der Waals surface area contributed by atoms with Gasteiger partial charge in [0.1, 0.15) is 0 Å². The molecule has 0 bridgehead atoms. The average molecular weight is 300 g/mol. The van der Waals surface area contributed by atoms with Crippen molar-refractivity contribution >= 4 is 29.0 Å². The molecule has 2 rings (SSSR count). The summed E-state index contributed by atoms with van der Waals surface area (Å²) in [5, 5.41) is 1.03. The first-order chi connectivity index (χ1) is 8.97. The van der Waals surface area contributed by atoms with E-state index in [4.69, 9.17) is 23.2 Å². The summed E-state index contributed by atoms with van der Waals surface area (Å²) in [6.45, 7) is 5.73. The summed E-state index contributed by atoms with van der Waals surface area (Å²) in [4.78, 5) is 14.6. The van der Waals surface area contributed by atoms with Crippen molar-refractivity contribution in [3.05, 3.63) is 33.8 Å². The Morgan fingerprint density at radius 3 is 2.63 bits per heavy atom. The van der Waals surface area contributed by atoms with E-state index in [0.29, 0.717) is 34.1 Å². The lowest BCUT2D eigenvalue weighted by Gasteiger charge is -2.23. The molecule has 1 aromatic carbocycles. The quantitative estimate of drug-likeness (QED) is 0.730. The third kappa shape index (κ3) is 4.20. The first-order valence-electron chi connectivity index (χ1n) is 6.69. The third-order valence-electron chi connectivity index (χ3n) is 3.24. The number of rotatable bonds is 6. The van der Waals surface area contributed by atoms with E-state index in [1.54, 1.807) is 18.2 Å². The monoisotopic (exact) mass is 299 g/mol. The molecule has 2 nitrogen and oxygen atoms in total. The van der Waals surface area contributed by atoms with Gasteiger partial charge in [-0.1, -0.05) is 37.0 Å². The van der Waals surface area contributed by atoms with Crippen molar-refractivity contribution in [3.63, 3.8) is 0 Å². The molecule has 1 aliphatic rings. The highest BCUT2D eigenvalue weighted by Crippen LogP contribution is 2.28. The van der Waals surface area contributed by atoms with Gasteiger partial charge in [0.25, 0.3) is 0 Å². The fraction of sp³-hybridized carbons (Fsp3) is 0.533. The van der Waals surface area contributed by atoms with Gasteiger partial charge in [-0.05, 0) is 37.0 Å². The van der Waals surface area contributed by atoms with Crippen molar-refractivity contribution in [2.75, 3.05) is 13.1 Å². The molecule has 19 heavy (non-hydrogen) atoms. The minimum absolute atomic E-state index is 0.0556. The maximum absolute atomic E-state index is 12.4. The first kappa shape index (κ1) is 14.8. The topological polar surface area (TPSA) is 20.3 Å². The van der Waals surface area contributed by atoms with E-state index in [1.165, 1.54) is 12.8 Å². The normalized spacial score (nSPS) is 15.3. The Bertz CT molecular complexity index is 469. The highest BCUT2D eigenvalue weighted by molar-refractivity contribution is 6.36. The van der Waals surface area contributed by atoms with Crippen LogP contribution in [0.2, 0.25) is 10.0 Å². The predicted octanol–water partition coefficient (Wildman–Crippen LogP) is 4.30. The lowest BCUT2D eigenvalue weighted by molar-refractivity contribution is 0.0915. The molecule has 0 aliphatic heterocycles. The van der Waals surface area contributed by atoms with Gasteiger partial charge in [0.05, 0.1) is 11.6 Å². The maximum atomic E-state index is 12.4. The number of Topliss-reactive ketones (excluding diaryl/α,β-unsaturated/α-hetero) is 1. The summed E-state index contributed by atoms with van der Waals surface area (Å²) >= 11 is 12.0. The molecule has 0 N–H and O–H groups in total. The van der Waals surface area contributed by atoms with Crippen LogP contribution in [0.5, 0.6) is 0 Å². The Hall–Kier alpha value is -0.570. The number of ketones is 1. The predicted molar refractivity (Wildman–Crippen MR) is 80.2 cm³/mol. The minimum atomic E-state index is 0.0556. The summed E-state index contributed by atoms with van der Waals surface area (Å²) in [6.07, 6.45) is 2.40. The first-order valence-corrected chi connectivity index (χ1v) is 7.45. The van der Waals surface area contributed by atoms with Crippen LogP contribution in [0.3, 0.4) is 0 Å². The number of halogens is 2. The van der Waals surface area contributed by atoms with Crippen molar-refractivity contribution < 1.29 is 4.79 Å². The van der Waals surface area contributed by atoms with Crippen LogP contribution in [0, 0.1) is 5.92 Å². The fourth-order valence-corrected chi connectivity index (χ4v) is 2.63. The molecule has 0 radical (unpaired) electrons. The Labute approximate surface area is 124 Å². The van der Waals surface area contributed by atoms with Crippen molar-refractivity contribution in [1.29, 1.82) is 0 Å². The molecule has 0 spiro atoms. The van der Waals surface area contributed by atoms with Gasteiger partial charge in [-0.2, -0.15) is 0 Å². The second-order valence-electron chi connectivity index (χ2n) is 5.60. The summed E-state index contributed by atoms with van der Waals surface area (Å²) in [7, 11) is 0. The zero-order valence-electron chi connectivity index (χ0n) is 11.3. The number of carbonyl (C=O) groups excluding carboxylic acids is 1. The van der Waals surface area contributed by atoms with Gasteiger partial charge < -0.3 is 0 Å². The highest BCUT2D eigenvalue weighted by atomic mass is 35.5. The summed E-state index contributed by atoms with van der Waals surface area (Å²) in [5.74, 6) is 0.614. The van der Waals surface area contributed by atoms with Crippen molar-refractivity contribution in [2.45, 2.75) is 32.7 Å². The molecule has 104 valence electrons. The van der Waals surface area contributed by atoms with E-state index in [2.05, 4.69) is 18.7 Å². The lowest BCUT2D eigenvalue weighted by atomic mass is 10.1. The third-order valence-corrected chi connectivity index (χ3v) is 3.80. The van der Waals surface area contributed by atoms with E-state index in [9.17, 15) is 4.79 Å². The van der Waals surface area contributed by atoms with Crippen LogP contribution in [-0.2, 0) is 0 Å². The van der Waals surface area contributed by atoms with Gasteiger partial charge in [0, 0.05) is 23.2 Å². The SMILES string of the molecule is CC(C)CN(CC(=O)c1cc(Cl)ccc1Cl)C1CC1. The number of benzene rings is 1. The Kier molecular flexibility index (Phi) is 4.88. The van der Waals surface area contributed by atoms with Crippen molar-refractivity contribution in [2.24, 2.45) is 5.92 Å².